The Hall–Kier alpha value is -1.26. The maximum Gasteiger partial charge on any atom is 0.315 e. The topological polar surface area (TPSA) is 78.4 Å². The molecule has 0 spiro atoms. The van der Waals surface area contributed by atoms with Crippen LogP contribution in [0.3, 0.4) is 0 Å². The lowest BCUT2D eigenvalue weighted by Crippen LogP contribution is -2.43. The minimum Gasteiger partial charge on any atom is -0.481 e. The van der Waals surface area contributed by atoms with Crippen LogP contribution in [-0.4, -0.2) is 29.7 Å². The summed E-state index contributed by atoms with van der Waals surface area (Å²) in [5, 5.41) is 14.6. The average molecular weight is 286 g/mol. The van der Waals surface area contributed by atoms with Crippen molar-refractivity contribution in [1.82, 2.24) is 10.6 Å². The van der Waals surface area contributed by atoms with Crippen LogP contribution in [0.5, 0.6) is 0 Å². The van der Waals surface area contributed by atoms with Crippen molar-refractivity contribution in [3.8, 4) is 0 Å². The zero-order chi connectivity index (χ0) is 15.5. The summed E-state index contributed by atoms with van der Waals surface area (Å²) in [5.41, 5.74) is 0. The maximum absolute atomic E-state index is 11.7. The number of rotatable bonds is 10. The zero-order valence-electron chi connectivity index (χ0n) is 13.2. The smallest absolute Gasteiger partial charge is 0.315 e. The van der Waals surface area contributed by atoms with Crippen molar-refractivity contribution in [3.05, 3.63) is 0 Å². The van der Waals surface area contributed by atoms with Crippen LogP contribution in [0.1, 0.15) is 59.8 Å². The summed E-state index contributed by atoms with van der Waals surface area (Å²) in [6, 6.07) is -0.154. The Labute approximate surface area is 122 Å². The lowest BCUT2D eigenvalue weighted by Gasteiger charge is -2.18. The molecule has 0 saturated heterocycles. The van der Waals surface area contributed by atoms with Gasteiger partial charge in [0, 0.05) is 12.6 Å². The van der Waals surface area contributed by atoms with Gasteiger partial charge >= 0.3 is 12.0 Å². The number of carboxylic acid groups (broad SMARTS) is 1. The summed E-state index contributed by atoms with van der Waals surface area (Å²) in [6.07, 6.45) is 4.96. The molecule has 3 N–H and O–H groups in total. The van der Waals surface area contributed by atoms with E-state index in [-0.39, 0.29) is 18.6 Å². The van der Waals surface area contributed by atoms with E-state index >= 15 is 0 Å². The Morgan fingerprint density at radius 3 is 2.30 bits per heavy atom. The summed E-state index contributed by atoms with van der Waals surface area (Å²) >= 11 is 0. The monoisotopic (exact) mass is 286 g/mol. The molecule has 2 atom stereocenters. The maximum atomic E-state index is 11.7. The van der Waals surface area contributed by atoms with Crippen LogP contribution < -0.4 is 10.6 Å². The normalized spacial score (nSPS) is 13.8. The van der Waals surface area contributed by atoms with Crippen molar-refractivity contribution in [2.24, 2.45) is 11.8 Å². The molecule has 0 bridgehead atoms. The fourth-order valence-corrected chi connectivity index (χ4v) is 2.10. The minimum atomic E-state index is -0.852. The molecule has 5 heteroatoms. The molecule has 0 fully saturated rings. The third-order valence-corrected chi connectivity index (χ3v) is 3.23. The fraction of sp³-hybridized carbons (Fsp3) is 0.867. The van der Waals surface area contributed by atoms with Crippen molar-refractivity contribution in [3.63, 3.8) is 0 Å². The quantitative estimate of drug-likeness (QED) is 0.540. The standard InChI is InChI=1S/C15H30N2O3/c1-5-6-7-8-12(4)17-15(20)16-10-13(14(18)19)9-11(2)3/h11-13H,5-10H2,1-4H3,(H,18,19)(H2,16,17,20). The molecule has 0 heterocycles. The van der Waals surface area contributed by atoms with Crippen LogP contribution in [0, 0.1) is 11.8 Å². The molecule has 20 heavy (non-hydrogen) atoms. The summed E-state index contributed by atoms with van der Waals surface area (Å²) in [7, 11) is 0. The van der Waals surface area contributed by atoms with Crippen molar-refractivity contribution < 1.29 is 14.7 Å². The van der Waals surface area contributed by atoms with Gasteiger partial charge < -0.3 is 15.7 Å². The molecule has 0 aromatic heterocycles. The third kappa shape index (κ3) is 9.64. The highest BCUT2D eigenvalue weighted by atomic mass is 16.4. The van der Waals surface area contributed by atoms with E-state index in [0.29, 0.717) is 12.3 Å². The van der Waals surface area contributed by atoms with E-state index in [4.69, 9.17) is 5.11 Å². The summed E-state index contributed by atoms with van der Waals surface area (Å²) in [6.45, 7) is 8.25. The highest BCUT2D eigenvalue weighted by Crippen LogP contribution is 2.11. The zero-order valence-corrected chi connectivity index (χ0v) is 13.2. The van der Waals surface area contributed by atoms with Gasteiger partial charge in [0.15, 0.2) is 0 Å². The number of nitrogens with one attached hydrogen (secondary N) is 2. The number of carbonyl (C=O) groups excluding carboxylic acids is 1. The first-order chi connectivity index (χ1) is 9.36. The van der Waals surface area contributed by atoms with E-state index in [0.717, 1.165) is 19.3 Å². The molecule has 0 aromatic carbocycles. The number of carbonyl (C=O) groups is 2. The van der Waals surface area contributed by atoms with E-state index in [9.17, 15) is 9.59 Å². The number of amides is 2. The van der Waals surface area contributed by atoms with Crippen molar-refractivity contribution >= 4 is 12.0 Å². The number of urea groups is 1. The van der Waals surface area contributed by atoms with Gasteiger partial charge in [-0.1, -0.05) is 40.0 Å². The molecule has 0 aromatic rings. The van der Waals surface area contributed by atoms with Gasteiger partial charge in [0.05, 0.1) is 5.92 Å². The highest BCUT2D eigenvalue weighted by molar-refractivity contribution is 5.76. The predicted molar refractivity (Wildman–Crippen MR) is 80.7 cm³/mol. The number of aliphatic carboxylic acids is 1. The molecular formula is C15H30N2O3. The molecule has 5 nitrogen and oxygen atoms in total. The largest absolute Gasteiger partial charge is 0.481 e. The first kappa shape index (κ1) is 18.7. The van der Waals surface area contributed by atoms with Gasteiger partial charge in [-0.25, -0.2) is 4.79 Å². The first-order valence-electron chi connectivity index (χ1n) is 7.63. The highest BCUT2D eigenvalue weighted by Gasteiger charge is 2.19. The van der Waals surface area contributed by atoms with Gasteiger partial charge in [0.1, 0.15) is 0 Å². The van der Waals surface area contributed by atoms with E-state index < -0.39 is 11.9 Å². The van der Waals surface area contributed by atoms with E-state index in [1.165, 1.54) is 6.42 Å². The number of hydrogen-bond acceptors (Lipinski definition) is 2. The fourth-order valence-electron chi connectivity index (χ4n) is 2.10. The minimum absolute atomic E-state index is 0.120. The van der Waals surface area contributed by atoms with Crippen LogP contribution in [0.4, 0.5) is 4.79 Å². The second-order valence-corrected chi connectivity index (χ2v) is 5.92. The lowest BCUT2D eigenvalue weighted by molar-refractivity contribution is -0.142. The predicted octanol–water partition coefficient (Wildman–Crippen LogP) is 3.00. The summed E-state index contributed by atoms with van der Waals surface area (Å²) < 4.78 is 0. The Balaban J connectivity index is 3.97. The molecule has 0 saturated carbocycles. The van der Waals surface area contributed by atoms with E-state index in [1.54, 1.807) is 0 Å². The Morgan fingerprint density at radius 2 is 1.80 bits per heavy atom. The van der Waals surface area contributed by atoms with Crippen molar-refractivity contribution in [2.75, 3.05) is 6.54 Å². The van der Waals surface area contributed by atoms with Gasteiger partial charge in [-0.05, 0) is 25.7 Å². The van der Waals surface area contributed by atoms with Crippen LogP contribution in [0.2, 0.25) is 0 Å². The van der Waals surface area contributed by atoms with Gasteiger partial charge in [-0.2, -0.15) is 0 Å². The molecular weight excluding hydrogens is 256 g/mol. The average Bonchev–Trinajstić information content (AvgIpc) is 2.34. The summed E-state index contributed by atoms with van der Waals surface area (Å²) in [5.74, 6) is -1.07. The molecule has 2 unspecified atom stereocenters. The SMILES string of the molecule is CCCCCC(C)NC(=O)NCC(CC(C)C)C(=O)O. The second kappa shape index (κ2) is 10.5. The van der Waals surface area contributed by atoms with E-state index in [1.807, 2.05) is 20.8 Å². The molecule has 0 aliphatic rings. The van der Waals surface area contributed by atoms with Crippen molar-refractivity contribution in [1.29, 1.82) is 0 Å². The molecule has 118 valence electrons. The van der Waals surface area contributed by atoms with Crippen LogP contribution in [0.25, 0.3) is 0 Å². The lowest BCUT2D eigenvalue weighted by atomic mass is 9.97. The third-order valence-electron chi connectivity index (χ3n) is 3.23. The van der Waals surface area contributed by atoms with E-state index in [2.05, 4.69) is 17.6 Å². The van der Waals surface area contributed by atoms with Crippen LogP contribution in [0.15, 0.2) is 0 Å². The Bertz CT molecular complexity index is 293. The number of carboxylic acids is 1. The van der Waals surface area contributed by atoms with Gasteiger partial charge in [0.2, 0.25) is 0 Å². The van der Waals surface area contributed by atoms with Gasteiger partial charge in [-0.15, -0.1) is 0 Å². The Morgan fingerprint density at radius 1 is 1.15 bits per heavy atom. The molecule has 2 amide bonds. The van der Waals surface area contributed by atoms with Crippen LogP contribution in [-0.2, 0) is 4.79 Å². The first-order valence-corrected chi connectivity index (χ1v) is 7.63. The number of unbranched alkanes of at least 4 members (excludes halogenated alkanes) is 2. The molecule has 0 aliphatic carbocycles. The van der Waals surface area contributed by atoms with Crippen LogP contribution >= 0.6 is 0 Å². The van der Waals surface area contributed by atoms with Crippen molar-refractivity contribution in [2.45, 2.75) is 65.8 Å². The van der Waals surface area contributed by atoms with Gasteiger partial charge in [-0.3, -0.25) is 4.79 Å². The molecule has 0 aliphatic heterocycles. The number of hydrogen-bond donors (Lipinski definition) is 3. The van der Waals surface area contributed by atoms with Gasteiger partial charge in [0.25, 0.3) is 0 Å². The molecule has 0 radical (unpaired) electrons. The molecule has 0 rings (SSSR count). The second-order valence-electron chi connectivity index (χ2n) is 5.92. The Kier molecular flexibility index (Phi) is 9.86. The summed E-state index contributed by atoms with van der Waals surface area (Å²) in [4.78, 5) is 22.8.